The van der Waals surface area contributed by atoms with E-state index in [-0.39, 0.29) is 5.43 Å². The number of anilines is 1. The first-order chi connectivity index (χ1) is 13.7. The highest BCUT2D eigenvalue weighted by atomic mass is 16.3. The van der Waals surface area contributed by atoms with E-state index in [1.54, 1.807) is 12.1 Å². The lowest BCUT2D eigenvalue weighted by atomic mass is 9.92. The zero-order valence-corrected chi connectivity index (χ0v) is 15.1. The van der Waals surface area contributed by atoms with Gasteiger partial charge in [0, 0.05) is 34.3 Å². The molecular formula is C25H17NO2. The normalized spacial score (nSPS) is 11.1. The summed E-state index contributed by atoms with van der Waals surface area (Å²) in [6.07, 6.45) is 0. The maximum absolute atomic E-state index is 11.9. The van der Waals surface area contributed by atoms with Crippen molar-refractivity contribution in [2.75, 3.05) is 5.73 Å². The molecule has 2 aliphatic rings. The van der Waals surface area contributed by atoms with Gasteiger partial charge in [-0.25, -0.2) is 0 Å². The van der Waals surface area contributed by atoms with Crippen molar-refractivity contribution in [3.63, 3.8) is 0 Å². The molecule has 0 radical (unpaired) electrons. The van der Waals surface area contributed by atoms with Gasteiger partial charge in [-0.3, -0.25) is 4.79 Å². The Bertz CT molecular complexity index is 1320. The van der Waals surface area contributed by atoms with Crippen molar-refractivity contribution >= 4 is 16.7 Å². The molecule has 5 rings (SSSR count). The molecule has 0 saturated carbocycles. The second-order valence-corrected chi connectivity index (χ2v) is 6.83. The SMILES string of the molecule is Nc1ccc2c(-c3ccc(-c4ccccc4)cc3)c3ccc(=O)cc-3oc2c1. The van der Waals surface area contributed by atoms with E-state index in [0.29, 0.717) is 17.0 Å². The van der Waals surface area contributed by atoms with Gasteiger partial charge < -0.3 is 10.2 Å². The smallest absolute Gasteiger partial charge is 0.182 e. The van der Waals surface area contributed by atoms with Crippen LogP contribution < -0.4 is 11.2 Å². The van der Waals surface area contributed by atoms with Gasteiger partial charge in [-0.2, -0.15) is 0 Å². The molecule has 134 valence electrons. The Morgan fingerprint density at radius 2 is 1.39 bits per heavy atom. The quantitative estimate of drug-likeness (QED) is 0.318. The summed E-state index contributed by atoms with van der Waals surface area (Å²) in [7, 11) is 0. The molecule has 1 aliphatic heterocycles. The summed E-state index contributed by atoms with van der Waals surface area (Å²) in [5.74, 6) is 0.563. The predicted octanol–water partition coefficient (Wildman–Crippen LogP) is 5.81. The second-order valence-electron chi connectivity index (χ2n) is 6.83. The highest BCUT2D eigenvalue weighted by Crippen LogP contribution is 2.40. The number of hydrogen-bond donors (Lipinski definition) is 1. The lowest BCUT2D eigenvalue weighted by molar-refractivity contribution is 0.619. The van der Waals surface area contributed by atoms with Crippen LogP contribution in [0.3, 0.4) is 0 Å². The number of hydrogen-bond acceptors (Lipinski definition) is 3. The Morgan fingerprint density at radius 3 is 2.18 bits per heavy atom. The van der Waals surface area contributed by atoms with Gasteiger partial charge in [0.25, 0.3) is 0 Å². The molecule has 1 aliphatic carbocycles. The Labute approximate surface area is 162 Å². The molecule has 0 fully saturated rings. The summed E-state index contributed by atoms with van der Waals surface area (Å²) in [5.41, 5.74) is 12.5. The van der Waals surface area contributed by atoms with E-state index in [4.69, 9.17) is 10.2 Å². The van der Waals surface area contributed by atoms with Crippen molar-refractivity contribution in [3.8, 4) is 33.6 Å². The monoisotopic (exact) mass is 363 g/mol. The Hall–Kier alpha value is -3.85. The molecule has 2 N–H and O–H groups in total. The van der Waals surface area contributed by atoms with E-state index in [0.717, 1.165) is 27.6 Å². The number of rotatable bonds is 2. The Kier molecular flexibility index (Phi) is 3.73. The van der Waals surface area contributed by atoms with Crippen LogP contribution in [-0.2, 0) is 0 Å². The minimum atomic E-state index is -0.0788. The summed E-state index contributed by atoms with van der Waals surface area (Å²) in [6.45, 7) is 0. The third-order valence-corrected chi connectivity index (χ3v) is 5.00. The van der Waals surface area contributed by atoms with Crippen LogP contribution in [0, 0.1) is 0 Å². The minimum Gasteiger partial charge on any atom is -0.456 e. The molecule has 3 heteroatoms. The third-order valence-electron chi connectivity index (χ3n) is 5.00. The van der Waals surface area contributed by atoms with Gasteiger partial charge in [-0.15, -0.1) is 0 Å². The van der Waals surface area contributed by atoms with E-state index >= 15 is 0 Å². The summed E-state index contributed by atoms with van der Waals surface area (Å²) in [6, 6.07) is 29.3. The van der Waals surface area contributed by atoms with E-state index < -0.39 is 0 Å². The molecule has 0 saturated heterocycles. The fourth-order valence-electron chi connectivity index (χ4n) is 3.66. The molecule has 28 heavy (non-hydrogen) atoms. The van der Waals surface area contributed by atoms with Crippen LogP contribution in [0.15, 0.2) is 100 Å². The fraction of sp³-hybridized carbons (Fsp3) is 0. The third kappa shape index (κ3) is 2.74. The van der Waals surface area contributed by atoms with Crippen molar-refractivity contribution in [2.24, 2.45) is 0 Å². The Balaban J connectivity index is 1.76. The van der Waals surface area contributed by atoms with Crippen molar-refractivity contribution < 1.29 is 4.42 Å². The maximum atomic E-state index is 11.9. The van der Waals surface area contributed by atoms with Crippen molar-refractivity contribution in [3.05, 3.63) is 101 Å². The average molecular weight is 363 g/mol. The average Bonchev–Trinajstić information content (AvgIpc) is 2.72. The van der Waals surface area contributed by atoms with Gasteiger partial charge in [0.1, 0.15) is 11.3 Å². The topological polar surface area (TPSA) is 56.2 Å². The predicted molar refractivity (Wildman–Crippen MR) is 114 cm³/mol. The van der Waals surface area contributed by atoms with Crippen LogP contribution in [0.2, 0.25) is 0 Å². The number of fused-ring (bicyclic) bond motifs is 2. The summed E-state index contributed by atoms with van der Waals surface area (Å²) >= 11 is 0. The molecule has 0 aromatic heterocycles. The first kappa shape index (κ1) is 16.3. The van der Waals surface area contributed by atoms with Gasteiger partial charge >= 0.3 is 0 Å². The first-order valence-corrected chi connectivity index (χ1v) is 9.11. The van der Waals surface area contributed by atoms with E-state index in [9.17, 15) is 4.79 Å². The lowest BCUT2D eigenvalue weighted by Crippen LogP contribution is -2.00. The zero-order valence-electron chi connectivity index (χ0n) is 15.1. The summed E-state index contributed by atoms with van der Waals surface area (Å²) < 4.78 is 5.98. The molecule has 3 aromatic carbocycles. The number of nitrogen functional groups attached to an aromatic ring is 1. The summed E-state index contributed by atoms with van der Waals surface area (Å²) in [4.78, 5) is 11.9. The standard InChI is InChI=1S/C25H17NO2/c26-19-10-12-21-23(14-19)28-24-15-20(27)11-13-22(24)25(21)18-8-6-17(7-9-18)16-4-2-1-3-5-16/h1-15H,26H2. The van der Waals surface area contributed by atoms with Crippen LogP contribution in [0.4, 0.5) is 5.69 Å². The van der Waals surface area contributed by atoms with Crippen molar-refractivity contribution in [2.45, 2.75) is 0 Å². The molecule has 1 heterocycles. The second kappa shape index (κ2) is 6.39. The van der Waals surface area contributed by atoms with Crippen LogP contribution in [0.5, 0.6) is 0 Å². The molecule has 0 unspecified atom stereocenters. The van der Waals surface area contributed by atoms with E-state index in [1.165, 1.54) is 11.6 Å². The highest BCUT2D eigenvalue weighted by Gasteiger charge is 2.17. The van der Waals surface area contributed by atoms with E-state index in [2.05, 4.69) is 36.4 Å². The summed E-state index contributed by atoms with van der Waals surface area (Å²) in [5, 5.41) is 0.966. The Morgan fingerprint density at radius 1 is 0.679 bits per heavy atom. The fourth-order valence-corrected chi connectivity index (χ4v) is 3.66. The van der Waals surface area contributed by atoms with Crippen LogP contribution in [0.1, 0.15) is 0 Å². The molecular weight excluding hydrogens is 346 g/mol. The largest absolute Gasteiger partial charge is 0.456 e. The molecule has 3 nitrogen and oxygen atoms in total. The van der Waals surface area contributed by atoms with Crippen molar-refractivity contribution in [1.82, 2.24) is 0 Å². The maximum Gasteiger partial charge on any atom is 0.182 e. The minimum absolute atomic E-state index is 0.0788. The van der Waals surface area contributed by atoms with E-state index in [1.807, 2.05) is 36.4 Å². The lowest BCUT2D eigenvalue weighted by Gasteiger charge is -2.15. The van der Waals surface area contributed by atoms with Gasteiger partial charge in [0.2, 0.25) is 0 Å². The molecule has 3 aromatic rings. The number of nitrogens with two attached hydrogens (primary N) is 1. The van der Waals surface area contributed by atoms with Crippen LogP contribution >= 0.6 is 0 Å². The highest BCUT2D eigenvalue weighted by molar-refractivity contribution is 6.02. The van der Waals surface area contributed by atoms with Crippen LogP contribution in [-0.4, -0.2) is 0 Å². The van der Waals surface area contributed by atoms with Crippen LogP contribution in [0.25, 0.3) is 44.5 Å². The zero-order chi connectivity index (χ0) is 19.1. The molecule has 0 atom stereocenters. The van der Waals surface area contributed by atoms with Crippen molar-refractivity contribution in [1.29, 1.82) is 0 Å². The number of benzene rings is 4. The molecule has 0 spiro atoms. The van der Waals surface area contributed by atoms with Gasteiger partial charge in [-0.1, -0.05) is 54.6 Å². The van der Waals surface area contributed by atoms with Gasteiger partial charge in [-0.05, 0) is 41.0 Å². The molecule has 0 bridgehead atoms. The first-order valence-electron chi connectivity index (χ1n) is 9.11. The van der Waals surface area contributed by atoms with Gasteiger partial charge in [0.15, 0.2) is 5.43 Å². The van der Waals surface area contributed by atoms with Gasteiger partial charge in [0.05, 0.1) is 0 Å². The molecule has 0 amide bonds.